The lowest BCUT2D eigenvalue weighted by atomic mass is 10.1. The summed E-state index contributed by atoms with van der Waals surface area (Å²) < 4.78 is 12.6. The van der Waals surface area contributed by atoms with Crippen molar-refractivity contribution in [3.63, 3.8) is 0 Å². The van der Waals surface area contributed by atoms with Gasteiger partial charge in [0, 0.05) is 0 Å². The topological polar surface area (TPSA) is 79.4 Å². The van der Waals surface area contributed by atoms with E-state index in [1.54, 1.807) is 4.68 Å². The van der Waals surface area contributed by atoms with Crippen molar-refractivity contribution < 1.29 is 14.4 Å². The molecular weight excluding hydrogens is 262 g/mol. The van der Waals surface area contributed by atoms with Crippen molar-refractivity contribution in [1.29, 1.82) is 0 Å². The van der Waals surface area contributed by atoms with Crippen LogP contribution in [0.25, 0.3) is 0 Å². The molecule has 1 aromatic heterocycles. The van der Waals surface area contributed by atoms with Crippen LogP contribution in [0.1, 0.15) is 26.0 Å². The van der Waals surface area contributed by atoms with Crippen molar-refractivity contribution in [2.75, 3.05) is 19.8 Å². The number of ether oxygens (including phenoxy) is 2. The predicted octanol–water partition coefficient (Wildman–Crippen LogP) is 1.80. The molecule has 0 spiro atoms. The first-order valence-corrected chi connectivity index (χ1v) is 6.96. The third-order valence-electron chi connectivity index (χ3n) is 3.34. The van der Waals surface area contributed by atoms with Gasteiger partial charge in [0.05, 0.1) is 31.3 Å². The molecule has 1 unspecified atom stereocenters. The van der Waals surface area contributed by atoms with Gasteiger partial charge in [-0.2, -0.15) is 5.10 Å². The van der Waals surface area contributed by atoms with Crippen molar-refractivity contribution in [2.24, 2.45) is 5.92 Å². The van der Waals surface area contributed by atoms with E-state index < -0.39 is 0 Å². The van der Waals surface area contributed by atoms with Crippen molar-refractivity contribution in [2.45, 2.75) is 39.3 Å². The van der Waals surface area contributed by atoms with Gasteiger partial charge in [-0.15, -0.1) is 0 Å². The minimum absolute atomic E-state index is 0.0824. The summed E-state index contributed by atoms with van der Waals surface area (Å²) in [5.41, 5.74) is 0.778. The van der Waals surface area contributed by atoms with E-state index in [0.717, 1.165) is 6.42 Å². The summed E-state index contributed by atoms with van der Waals surface area (Å²) in [6, 6.07) is 0. The van der Waals surface area contributed by atoms with Gasteiger partial charge in [0.25, 0.3) is 0 Å². The van der Waals surface area contributed by atoms with Crippen LogP contribution in [0.15, 0.2) is 6.20 Å². The van der Waals surface area contributed by atoms with Gasteiger partial charge in [-0.25, -0.2) is 0 Å². The Morgan fingerprint density at radius 1 is 1.55 bits per heavy atom. The van der Waals surface area contributed by atoms with Gasteiger partial charge in [-0.1, -0.05) is 13.8 Å². The van der Waals surface area contributed by atoms with E-state index in [9.17, 15) is 10.1 Å². The second-order valence-electron chi connectivity index (χ2n) is 5.42. The molecule has 0 bridgehead atoms. The lowest BCUT2D eigenvalue weighted by Gasteiger charge is -2.23. The van der Waals surface area contributed by atoms with Crippen LogP contribution < -0.4 is 0 Å². The van der Waals surface area contributed by atoms with Gasteiger partial charge < -0.3 is 9.47 Å². The molecule has 0 amide bonds. The van der Waals surface area contributed by atoms with E-state index in [0.29, 0.717) is 44.4 Å². The van der Waals surface area contributed by atoms with E-state index in [2.05, 4.69) is 18.9 Å². The molecule has 1 saturated heterocycles. The third-order valence-corrected chi connectivity index (χ3v) is 3.34. The van der Waals surface area contributed by atoms with Crippen molar-refractivity contribution in [1.82, 2.24) is 9.78 Å². The SMILES string of the molecule is CC(C)CCc1c([N+](=O)[O-])cnn1CC1COCCO1. The van der Waals surface area contributed by atoms with Crippen molar-refractivity contribution in [3.8, 4) is 0 Å². The van der Waals surface area contributed by atoms with Gasteiger partial charge in [0.2, 0.25) is 0 Å². The molecule has 0 N–H and O–H groups in total. The fraction of sp³-hybridized carbons (Fsp3) is 0.769. The molecule has 0 saturated carbocycles. The van der Waals surface area contributed by atoms with Crippen molar-refractivity contribution >= 4 is 5.69 Å². The van der Waals surface area contributed by atoms with E-state index >= 15 is 0 Å². The number of nitrogens with zero attached hydrogens (tertiary/aromatic N) is 3. The summed E-state index contributed by atoms with van der Waals surface area (Å²) in [6.45, 7) is 6.39. The smallest absolute Gasteiger partial charge is 0.310 e. The maximum atomic E-state index is 11.1. The predicted molar refractivity (Wildman–Crippen MR) is 72.6 cm³/mol. The van der Waals surface area contributed by atoms with Crippen LogP contribution in [-0.4, -0.2) is 40.6 Å². The van der Waals surface area contributed by atoms with Gasteiger partial charge in [-0.05, 0) is 18.8 Å². The molecule has 0 aliphatic carbocycles. The molecule has 0 radical (unpaired) electrons. The minimum Gasteiger partial charge on any atom is -0.376 e. The molecule has 1 aliphatic heterocycles. The van der Waals surface area contributed by atoms with Crippen LogP contribution in [-0.2, 0) is 22.4 Å². The zero-order valence-corrected chi connectivity index (χ0v) is 11.9. The summed E-state index contributed by atoms with van der Waals surface area (Å²) in [6.07, 6.45) is 2.80. The zero-order chi connectivity index (χ0) is 14.5. The maximum absolute atomic E-state index is 11.1. The minimum atomic E-state index is -0.364. The Hall–Kier alpha value is -1.47. The molecule has 2 heterocycles. The molecular formula is C13H21N3O4. The number of hydrogen-bond donors (Lipinski definition) is 0. The lowest BCUT2D eigenvalue weighted by Crippen LogP contribution is -2.33. The Morgan fingerprint density at radius 3 is 2.95 bits per heavy atom. The molecule has 7 nitrogen and oxygen atoms in total. The molecule has 20 heavy (non-hydrogen) atoms. The Bertz CT molecular complexity index is 452. The second kappa shape index (κ2) is 6.81. The highest BCUT2D eigenvalue weighted by Crippen LogP contribution is 2.22. The zero-order valence-electron chi connectivity index (χ0n) is 11.9. The van der Waals surface area contributed by atoms with Gasteiger partial charge in [-0.3, -0.25) is 14.8 Å². The number of rotatable bonds is 6. The third kappa shape index (κ3) is 3.77. The molecule has 2 rings (SSSR count). The summed E-state index contributed by atoms with van der Waals surface area (Å²) in [4.78, 5) is 10.7. The first-order chi connectivity index (χ1) is 9.58. The number of aromatic nitrogens is 2. The van der Waals surface area contributed by atoms with Crippen LogP contribution in [0.4, 0.5) is 5.69 Å². The van der Waals surface area contributed by atoms with Gasteiger partial charge in [0.15, 0.2) is 0 Å². The van der Waals surface area contributed by atoms with Gasteiger partial charge >= 0.3 is 5.69 Å². The quantitative estimate of drug-likeness (QED) is 0.587. The highest BCUT2D eigenvalue weighted by molar-refractivity contribution is 5.33. The fourth-order valence-corrected chi connectivity index (χ4v) is 2.23. The molecule has 1 atom stereocenters. The van der Waals surface area contributed by atoms with Crippen LogP contribution in [0.5, 0.6) is 0 Å². The Kier molecular flexibility index (Phi) is 5.08. The average molecular weight is 283 g/mol. The number of nitro groups is 1. The Morgan fingerprint density at radius 2 is 2.35 bits per heavy atom. The van der Waals surface area contributed by atoms with E-state index in [-0.39, 0.29) is 16.7 Å². The van der Waals surface area contributed by atoms with Gasteiger partial charge in [0.1, 0.15) is 18.0 Å². The molecule has 0 aromatic carbocycles. The van der Waals surface area contributed by atoms with Crippen LogP contribution >= 0.6 is 0 Å². The number of hydrogen-bond acceptors (Lipinski definition) is 5. The first kappa shape index (κ1) is 14.9. The van der Waals surface area contributed by atoms with Crippen molar-refractivity contribution in [3.05, 3.63) is 22.0 Å². The molecule has 112 valence electrons. The fourth-order valence-electron chi connectivity index (χ4n) is 2.23. The van der Waals surface area contributed by atoms with Crippen LogP contribution in [0.3, 0.4) is 0 Å². The molecule has 1 aliphatic rings. The average Bonchev–Trinajstić information content (AvgIpc) is 2.80. The van der Waals surface area contributed by atoms with E-state index in [1.807, 2.05) is 0 Å². The largest absolute Gasteiger partial charge is 0.376 e. The Labute approximate surface area is 118 Å². The highest BCUT2D eigenvalue weighted by Gasteiger charge is 2.23. The van der Waals surface area contributed by atoms with Crippen LogP contribution in [0, 0.1) is 16.0 Å². The second-order valence-corrected chi connectivity index (χ2v) is 5.42. The monoisotopic (exact) mass is 283 g/mol. The summed E-state index contributed by atoms with van der Waals surface area (Å²) in [7, 11) is 0. The molecule has 1 aromatic rings. The molecule has 1 fully saturated rings. The van der Waals surface area contributed by atoms with Crippen LogP contribution in [0.2, 0.25) is 0 Å². The maximum Gasteiger partial charge on any atom is 0.310 e. The Balaban J connectivity index is 2.11. The summed E-state index contributed by atoms with van der Waals surface area (Å²) in [5, 5.41) is 15.2. The normalized spacial score (nSPS) is 19.4. The standard InChI is InChI=1S/C13H21N3O4/c1-10(2)3-4-12-13(16(17)18)7-14-15(12)8-11-9-19-5-6-20-11/h7,10-11H,3-6,8-9H2,1-2H3. The lowest BCUT2D eigenvalue weighted by molar-refractivity contribution is -0.385. The summed E-state index contributed by atoms with van der Waals surface area (Å²) in [5.74, 6) is 0.493. The first-order valence-electron chi connectivity index (χ1n) is 6.96. The molecule has 7 heteroatoms. The van der Waals surface area contributed by atoms with E-state index in [4.69, 9.17) is 9.47 Å². The highest BCUT2D eigenvalue weighted by atomic mass is 16.6. The summed E-state index contributed by atoms with van der Waals surface area (Å²) >= 11 is 0. The van der Waals surface area contributed by atoms with E-state index in [1.165, 1.54) is 6.20 Å².